The fourth-order valence-corrected chi connectivity index (χ4v) is 3.68. The van der Waals surface area contributed by atoms with Gasteiger partial charge in [-0.2, -0.15) is 0 Å². The van der Waals surface area contributed by atoms with Crippen molar-refractivity contribution in [3.8, 4) is 0 Å². The number of nitrogens with two attached hydrogens (primary N) is 1. The molecule has 9 heteroatoms. The Morgan fingerprint density at radius 3 is 1.82 bits per heavy atom. The lowest BCUT2D eigenvalue weighted by Crippen LogP contribution is -2.58. The van der Waals surface area contributed by atoms with E-state index in [1.54, 1.807) is 6.92 Å². The summed E-state index contributed by atoms with van der Waals surface area (Å²) in [6, 6.07) is 16.2. The van der Waals surface area contributed by atoms with E-state index in [1.807, 2.05) is 88.4 Å². The molecule has 2 aromatic rings. The molecule has 2 amide bonds. The molecular formula is C29H42ClN3O5. The second kappa shape index (κ2) is 16.8. The van der Waals surface area contributed by atoms with Gasteiger partial charge in [-0.1, -0.05) is 88.4 Å². The molecular weight excluding hydrogens is 506 g/mol. The summed E-state index contributed by atoms with van der Waals surface area (Å²) in [5, 5.41) is 5.53. The Bertz CT molecular complexity index is 988. The maximum atomic E-state index is 13.2. The van der Waals surface area contributed by atoms with Crippen molar-refractivity contribution in [2.24, 2.45) is 17.6 Å². The van der Waals surface area contributed by atoms with Crippen molar-refractivity contribution in [3.63, 3.8) is 0 Å². The summed E-state index contributed by atoms with van der Waals surface area (Å²) in [5.41, 5.74) is 7.97. The van der Waals surface area contributed by atoms with Crippen LogP contribution in [-0.4, -0.2) is 42.0 Å². The van der Waals surface area contributed by atoms with Gasteiger partial charge in [-0.15, -0.1) is 12.4 Å². The number of esters is 1. The lowest BCUT2D eigenvalue weighted by molar-refractivity contribution is -0.150. The quantitative estimate of drug-likeness (QED) is 0.310. The lowest BCUT2D eigenvalue weighted by atomic mass is 9.99. The molecule has 8 nitrogen and oxygen atoms in total. The zero-order chi connectivity index (χ0) is 27.4. The van der Waals surface area contributed by atoms with Crippen molar-refractivity contribution in [2.45, 2.75) is 78.5 Å². The second-order valence-electron chi connectivity index (χ2n) is 10.0. The molecule has 38 heavy (non-hydrogen) atoms. The Labute approximate surface area is 232 Å². The molecule has 0 aliphatic heterocycles. The summed E-state index contributed by atoms with van der Waals surface area (Å²) in [6.45, 7) is 9.71. The van der Waals surface area contributed by atoms with E-state index in [4.69, 9.17) is 15.2 Å². The highest BCUT2D eigenvalue weighted by Crippen LogP contribution is 2.12. The Hall–Kier alpha value is -2.94. The van der Waals surface area contributed by atoms with Crippen molar-refractivity contribution >= 4 is 30.2 Å². The summed E-state index contributed by atoms with van der Waals surface area (Å²) in [4.78, 5) is 38.9. The van der Waals surface area contributed by atoms with Gasteiger partial charge in [0.1, 0.15) is 24.7 Å². The van der Waals surface area contributed by atoms with Crippen LogP contribution in [0.2, 0.25) is 0 Å². The van der Waals surface area contributed by atoms with Gasteiger partial charge in [0.2, 0.25) is 11.8 Å². The maximum absolute atomic E-state index is 13.2. The van der Waals surface area contributed by atoms with Crippen molar-refractivity contribution in [2.75, 3.05) is 0 Å². The molecule has 210 valence electrons. The molecule has 0 aromatic heterocycles. The first-order valence-corrected chi connectivity index (χ1v) is 12.8. The third-order valence-electron chi connectivity index (χ3n) is 5.94. The monoisotopic (exact) mass is 547 g/mol. The van der Waals surface area contributed by atoms with Crippen LogP contribution in [0.3, 0.4) is 0 Å². The number of hydrogen-bond donors (Lipinski definition) is 3. The molecule has 0 saturated carbocycles. The van der Waals surface area contributed by atoms with Crippen LogP contribution in [0.4, 0.5) is 0 Å². The number of carbonyl (C=O) groups is 3. The van der Waals surface area contributed by atoms with Crippen LogP contribution in [0.1, 0.15) is 52.2 Å². The van der Waals surface area contributed by atoms with Crippen LogP contribution in [-0.2, 0) is 37.1 Å². The minimum Gasteiger partial charge on any atom is -0.459 e. The van der Waals surface area contributed by atoms with Gasteiger partial charge in [-0.25, -0.2) is 4.79 Å². The summed E-state index contributed by atoms with van der Waals surface area (Å²) in [7, 11) is 0. The minimum absolute atomic E-state index is 0. The van der Waals surface area contributed by atoms with Crippen LogP contribution in [0, 0.1) is 11.8 Å². The predicted octanol–water partition coefficient (Wildman–Crippen LogP) is 3.76. The highest BCUT2D eigenvalue weighted by Gasteiger charge is 2.32. The van der Waals surface area contributed by atoms with Gasteiger partial charge in [0.25, 0.3) is 0 Å². The van der Waals surface area contributed by atoms with Crippen molar-refractivity contribution in [1.29, 1.82) is 0 Å². The number of ether oxygens (including phenoxy) is 2. The van der Waals surface area contributed by atoms with E-state index in [9.17, 15) is 14.4 Å². The zero-order valence-corrected chi connectivity index (χ0v) is 23.7. The van der Waals surface area contributed by atoms with E-state index in [2.05, 4.69) is 10.6 Å². The van der Waals surface area contributed by atoms with E-state index in [0.29, 0.717) is 13.0 Å². The molecule has 0 aliphatic rings. The molecule has 0 radical (unpaired) electrons. The molecule has 0 saturated heterocycles. The third-order valence-corrected chi connectivity index (χ3v) is 5.94. The number of carbonyl (C=O) groups excluding carboxylic acids is 3. The lowest BCUT2D eigenvalue weighted by Gasteiger charge is -2.27. The molecule has 2 aromatic carbocycles. The standard InChI is InChI=1S/C29H41N3O5.ClH/c1-19(2)16-24(29(35)37-18-23-14-10-7-11-15-23)31-28(34)26(20(3)4)32-27(33)25(30)21(5)36-17-22-12-8-6-9-13-22;/h6-15,19-21,24-26H,16-18,30H2,1-5H3,(H,31,34)(H,32,33);1H/t21-,24+,25+,26+;/m1./s1. The summed E-state index contributed by atoms with van der Waals surface area (Å²) < 4.78 is 11.2. The molecule has 0 aliphatic carbocycles. The van der Waals surface area contributed by atoms with Crippen LogP contribution in [0.5, 0.6) is 0 Å². The average molecular weight is 548 g/mol. The minimum atomic E-state index is -0.972. The smallest absolute Gasteiger partial charge is 0.328 e. The number of halogens is 1. The van der Waals surface area contributed by atoms with Gasteiger partial charge in [-0.05, 0) is 36.3 Å². The van der Waals surface area contributed by atoms with E-state index < -0.39 is 42.0 Å². The molecule has 0 spiro atoms. The van der Waals surface area contributed by atoms with E-state index in [-0.39, 0.29) is 30.8 Å². The first-order chi connectivity index (χ1) is 17.6. The Morgan fingerprint density at radius 2 is 1.32 bits per heavy atom. The van der Waals surface area contributed by atoms with Crippen LogP contribution in [0.15, 0.2) is 60.7 Å². The normalized spacial score (nSPS) is 14.1. The Balaban J connectivity index is 0.00000722. The molecule has 0 fully saturated rings. The molecule has 4 atom stereocenters. The Kier molecular flexibility index (Phi) is 14.6. The number of amides is 2. The highest BCUT2D eigenvalue weighted by molar-refractivity contribution is 5.92. The fraction of sp³-hybridized carbons (Fsp3) is 0.483. The SMILES string of the molecule is CC(C)C[C@H](NC(=O)[C@@H](NC(=O)[C@@H](N)[C@@H](C)OCc1ccccc1)C(C)C)C(=O)OCc1ccccc1.Cl. The van der Waals surface area contributed by atoms with Crippen molar-refractivity contribution < 1.29 is 23.9 Å². The van der Waals surface area contributed by atoms with Crippen molar-refractivity contribution in [1.82, 2.24) is 10.6 Å². The number of nitrogens with one attached hydrogen (secondary N) is 2. The van der Waals surface area contributed by atoms with Crippen LogP contribution in [0.25, 0.3) is 0 Å². The first kappa shape index (κ1) is 33.1. The van der Waals surface area contributed by atoms with E-state index in [1.165, 1.54) is 0 Å². The zero-order valence-electron chi connectivity index (χ0n) is 22.9. The largest absolute Gasteiger partial charge is 0.459 e. The van der Waals surface area contributed by atoms with Gasteiger partial charge in [0.15, 0.2) is 0 Å². The third kappa shape index (κ3) is 11.2. The van der Waals surface area contributed by atoms with Gasteiger partial charge in [0.05, 0.1) is 12.7 Å². The number of hydrogen-bond acceptors (Lipinski definition) is 6. The fourth-order valence-electron chi connectivity index (χ4n) is 3.68. The second-order valence-corrected chi connectivity index (χ2v) is 10.0. The molecule has 0 unspecified atom stereocenters. The van der Waals surface area contributed by atoms with Gasteiger partial charge < -0.3 is 25.8 Å². The van der Waals surface area contributed by atoms with Gasteiger partial charge in [-0.3, -0.25) is 9.59 Å². The average Bonchev–Trinajstić information content (AvgIpc) is 2.88. The van der Waals surface area contributed by atoms with Gasteiger partial charge >= 0.3 is 5.97 Å². The van der Waals surface area contributed by atoms with Crippen LogP contribution < -0.4 is 16.4 Å². The van der Waals surface area contributed by atoms with E-state index >= 15 is 0 Å². The summed E-state index contributed by atoms with van der Waals surface area (Å²) >= 11 is 0. The topological polar surface area (TPSA) is 120 Å². The first-order valence-electron chi connectivity index (χ1n) is 12.8. The van der Waals surface area contributed by atoms with E-state index in [0.717, 1.165) is 11.1 Å². The number of rotatable bonds is 14. The predicted molar refractivity (Wildman–Crippen MR) is 150 cm³/mol. The summed E-state index contributed by atoms with van der Waals surface area (Å²) in [5.74, 6) is -1.58. The molecule has 0 heterocycles. The molecule has 2 rings (SSSR count). The van der Waals surface area contributed by atoms with Crippen LogP contribution >= 0.6 is 12.4 Å². The Morgan fingerprint density at radius 1 is 0.789 bits per heavy atom. The maximum Gasteiger partial charge on any atom is 0.328 e. The molecule has 4 N–H and O–H groups in total. The van der Waals surface area contributed by atoms with Crippen molar-refractivity contribution in [3.05, 3.63) is 71.8 Å². The molecule has 0 bridgehead atoms. The summed E-state index contributed by atoms with van der Waals surface area (Å²) in [6.07, 6.45) is -0.167. The van der Waals surface area contributed by atoms with Gasteiger partial charge in [0, 0.05) is 0 Å². The number of benzene rings is 2. The highest BCUT2D eigenvalue weighted by atomic mass is 35.5.